The van der Waals surface area contributed by atoms with Gasteiger partial charge in [0.05, 0.1) is 18.2 Å². The van der Waals surface area contributed by atoms with Crippen LogP contribution < -0.4 is 15.4 Å². The Bertz CT molecular complexity index is 1670. The van der Waals surface area contributed by atoms with Crippen molar-refractivity contribution in [1.29, 1.82) is 0 Å². The summed E-state index contributed by atoms with van der Waals surface area (Å²) in [5.41, 5.74) is 3.41. The summed E-state index contributed by atoms with van der Waals surface area (Å²) in [6, 6.07) is 23.2. The number of carbonyl (C=O) groups excluding carboxylic acids is 2. The van der Waals surface area contributed by atoms with Crippen molar-refractivity contribution in [2.75, 3.05) is 13.2 Å². The fraction of sp³-hybridized carbons (Fsp3) is 0.206. The minimum absolute atomic E-state index is 0.241. The summed E-state index contributed by atoms with van der Waals surface area (Å²) in [5, 5.41) is 6.69. The van der Waals surface area contributed by atoms with Gasteiger partial charge in [0.25, 0.3) is 11.8 Å². The molecular formula is C34H32FN3O4. The van der Waals surface area contributed by atoms with Crippen molar-refractivity contribution in [3.05, 3.63) is 131 Å². The average Bonchev–Trinajstić information content (AvgIpc) is 3.44. The first-order valence-electron chi connectivity index (χ1n) is 13.9. The summed E-state index contributed by atoms with van der Waals surface area (Å²) in [6.07, 6.45) is 3.71. The molecule has 0 aliphatic heterocycles. The molecule has 2 aromatic heterocycles. The first-order chi connectivity index (χ1) is 20.4. The lowest BCUT2D eigenvalue weighted by Crippen LogP contribution is -2.31. The van der Waals surface area contributed by atoms with Crippen LogP contribution in [0.15, 0.2) is 102 Å². The van der Waals surface area contributed by atoms with Crippen molar-refractivity contribution in [2.24, 2.45) is 5.92 Å². The number of nitrogens with zero attached hydrogens (tertiary/aromatic N) is 1. The van der Waals surface area contributed by atoms with Gasteiger partial charge in [0.15, 0.2) is 0 Å². The van der Waals surface area contributed by atoms with Gasteiger partial charge in [0, 0.05) is 41.4 Å². The fourth-order valence-electron chi connectivity index (χ4n) is 4.62. The number of hydrogen-bond acceptors (Lipinski definition) is 5. The molecule has 8 heteroatoms. The number of ether oxygens (including phenoxy) is 1. The topological polar surface area (TPSA) is 93.5 Å². The lowest BCUT2D eigenvalue weighted by atomic mass is 9.95. The fourth-order valence-corrected chi connectivity index (χ4v) is 4.62. The number of furan rings is 1. The van der Waals surface area contributed by atoms with Gasteiger partial charge in [-0.2, -0.15) is 0 Å². The van der Waals surface area contributed by atoms with Gasteiger partial charge in [-0.05, 0) is 60.0 Å². The third-order valence-corrected chi connectivity index (χ3v) is 6.80. The Morgan fingerprint density at radius 2 is 1.74 bits per heavy atom. The Kier molecular flexibility index (Phi) is 8.92. The van der Waals surface area contributed by atoms with Crippen LogP contribution in [0.1, 0.15) is 57.4 Å². The van der Waals surface area contributed by atoms with E-state index in [1.165, 1.54) is 18.4 Å². The number of rotatable bonds is 11. The first kappa shape index (κ1) is 28.5. The minimum atomic E-state index is -0.769. The maximum Gasteiger partial charge on any atom is 0.255 e. The monoisotopic (exact) mass is 565 g/mol. The Morgan fingerprint density at radius 1 is 0.952 bits per heavy atom. The van der Waals surface area contributed by atoms with Crippen LogP contribution in [0.2, 0.25) is 0 Å². The molecule has 0 saturated carbocycles. The van der Waals surface area contributed by atoms with Gasteiger partial charge in [0.1, 0.15) is 23.4 Å². The zero-order chi connectivity index (χ0) is 29.5. The highest BCUT2D eigenvalue weighted by Crippen LogP contribution is 2.33. The number of benzene rings is 3. The van der Waals surface area contributed by atoms with E-state index in [0.717, 1.165) is 5.69 Å². The normalized spacial score (nSPS) is 11.8. The average molecular weight is 566 g/mol. The number of carbonyl (C=O) groups is 2. The summed E-state index contributed by atoms with van der Waals surface area (Å²) in [4.78, 5) is 31.1. The predicted octanol–water partition coefficient (Wildman–Crippen LogP) is 6.49. The van der Waals surface area contributed by atoms with Crippen LogP contribution in [0.25, 0.3) is 11.0 Å². The smallest absolute Gasteiger partial charge is 0.255 e. The highest BCUT2D eigenvalue weighted by Gasteiger charge is 2.25. The summed E-state index contributed by atoms with van der Waals surface area (Å²) < 4.78 is 25.8. The third kappa shape index (κ3) is 6.83. The second kappa shape index (κ2) is 13.1. The number of hydrogen-bond donors (Lipinski definition) is 2. The van der Waals surface area contributed by atoms with Crippen LogP contribution in [0.3, 0.4) is 0 Å². The highest BCUT2D eigenvalue weighted by atomic mass is 19.1. The van der Waals surface area contributed by atoms with Gasteiger partial charge < -0.3 is 19.8 Å². The second-order valence-corrected chi connectivity index (χ2v) is 10.4. The SMILES string of the molecule is CC(C)CNC(=O)c1ccc(OCCc2ccccn2)c(C(NC(=O)c2coc3ccccc23)c2ccc(F)cc2)c1. The standard InChI is InChI=1S/C34H32FN3O4/c1-22(2)20-37-33(39)24-12-15-31(41-18-16-26-7-5-6-17-36-26)28(19-24)32(23-10-13-25(35)14-11-23)38-34(40)29-21-42-30-9-4-3-8-27(29)30/h3-15,17,19,21-22,32H,16,18,20H2,1-2H3,(H,37,39)(H,38,40). The number of aromatic nitrogens is 1. The van der Waals surface area contributed by atoms with Crippen molar-refractivity contribution in [1.82, 2.24) is 15.6 Å². The molecule has 0 aliphatic rings. The molecule has 1 atom stereocenters. The molecule has 42 heavy (non-hydrogen) atoms. The molecule has 7 nitrogen and oxygen atoms in total. The van der Waals surface area contributed by atoms with Crippen LogP contribution in [0.5, 0.6) is 5.75 Å². The number of amides is 2. The highest BCUT2D eigenvalue weighted by molar-refractivity contribution is 6.06. The molecule has 2 heterocycles. The maximum atomic E-state index is 14.0. The van der Waals surface area contributed by atoms with Crippen molar-refractivity contribution < 1.29 is 23.1 Å². The van der Waals surface area contributed by atoms with Gasteiger partial charge in [0.2, 0.25) is 0 Å². The molecule has 0 spiro atoms. The zero-order valence-corrected chi connectivity index (χ0v) is 23.5. The van der Waals surface area contributed by atoms with E-state index in [0.29, 0.717) is 58.5 Å². The van der Waals surface area contributed by atoms with E-state index in [2.05, 4.69) is 15.6 Å². The molecule has 0 fully saturated rings. The van der Waals surface area contributed by atoms with Gasteiger partial charge in [-0.15, -0.1) is 0 Å². The predicted molar refractivity (Wildman–Crippen MR) is 159 cm³/mol. The summed E-state index contributed by atoms with van der Waals surface area (Å²) >= 11 is 0. The van der Waals surface area contributed by atoms with Crippen LogP contribution >= 0.6 is 0 Å². The van der Waals surface area contributed by atoms with Crippen molar-refractivity contribution in [3.63, 3.8) is 0 Å². The Labute approximate surface area is 243 Å². The lowest BCUT2D eigenvalue weighted by molar-refractivity contribution is 0.0940. The van der Waals surface area contributed by atoms with Crippen molar-refractivity contribution >= 4 is 22.8 Å². The number of nitrogens with one attached hydrogen (secondary N) is 2. The molecule has 2 N–H and O–H groups in total. The van der Waals surface area contributed by atoms with E-state index >= 15 is 0 Å². The van der Waals surface area contributed by atoms with E-state index in [4.69, 9.17) is 9.15 Å². The number of para-hydroxylation sites is 1. The van der Waals surface area contributed by atoms with Crippen LogP contribution in [-0.4, -0.2) is 29.9 Å². The van der Waals surface area contributed by atoms with Crippen LogP contribution in [-0.2, 0) is 6.42 Å². The Balaban J connectivity index is 1.53. The minimum Gasteiger partial charge on any atom is -0.493 e. The molecule has 5 rings (SSSR count). The van der Waals surface area contributed by atoms with Crippen LogP contribution in [0, 0.1) is 11.7 Å². The number of pyridine rings is 1. The van der Waals surface area contributed by atoms with E-state index < -0.39 is 11.9 Å². The molecule has 214 valence electrons. The molecule has 0 bridgehead atoms. The number of fused-ring (bicyclic) bond motifs is 1. The molecule has 2 amide bonds. The molecule has 5 aromatic rings. The van der Waals surface area contributed by atoms with Gasteiger partial charge in [-0.25, -0.2) is 4.39 Å². The second-order valence-electron chi connectivity index (χ2n) is 10.4. The van der Waals surface area contributed by atoms with Gasteiger partial charge in [-0.3, -0.25) is 14.6 Å². The molecule has 0 radical (unpaired) electrons. The summed E-state index contributed by atoms with van der Waals surface area (Å²) in [7, 11) is 0. The molecule has 0 saturated heterocycles. The quantitative estimate of drug-likeness (QED) is 0.191. The van der Waals surface area contributed by atoms with Crippen molar-refractivity contribution in [3.8, 4) is 5.75 Å². The van der Waals surface area contributed by atoms with E-state index in [1.54, 1.807) is 42.6 Å². The van der Waals surface area contributed by atoms with Gasteiger partial charge in [-0.1, -0.05) is 50.2 Å². The molecule has 1 unspecified atom stereocenters. The van der Waals surface area contributed by atoms with Crippen molar-refractivity contribution in [2.45, 2.75) is 26.3 Å². The van der Waals surface area contributed by atoms with Gasteiger partial charge >= 0.3 is 0 Å². The largest absolute Gasteiger partial charge is 0.493 e. The number of halogens is 1. The Hall–Kier alpha value is -4.98. The van der Waals surface area contributed by atoms with E-state index in [9.17, 15) is 14.0 Å². The molecule has 3 aromatic carbocycles. The zero-order valence-electron chi connectivity index (χ0n) is 23.5. The maximum absolute atomic E-state index is 14.0. The van der Waals surface area contributed by atoms with E-state index in [1.807, 2.05) is 50.2 Å². The molecule has 0 aliphatic carbocycles. The third-order valence-electron chi connectivity index (χ3n) is 6.80. The molecular weight excluding hydrogens is 533 g/mol. The van der Waals surface area contributed by atoms with Crippen LogP contribution in [0.4, 0.5) is 4.39 Å². The van der Waals surface area contributed by atoms with E-state index in [-0.39, 0.29) is 17.7 Å². The summed E-state index contributed by atoms with van der Waals surface area (Å²) in [5.74, 6) is -0.270. The lowest BCUT2D eigenvalue weighted by Gasteiger charge is -2.23. The first-order valence-corrected chi connectivity index (χ1v) is 13.9. The Morgan fingerprint density at radius 3 is 2.50 bits per heavy atom. The summed E-state index contributed by atoms with van der Waals surface area (Å²) in [6.45, 7) is 4.87.